The molecule has 0 unspecified atom stereocenters. The van der Waals surface area contributed by atoms with Crippen molar-refractivity contribution in [1.29, 1.82) is 0 Å². The molecule has 0 aliphatic carbocycles. The van der Waals surface area contributed by atoms with Crippen LogP contribution in [0, 0.1) is 6.92 Å². The minimum Gasteiger partial charge on any atom is -0.468 e. The van der Waals surface area contributed by atoms with Crippen LogP contribution in [0.15, 0.2) is 41.1 Å². The van der Waals surface area contributed by atoms with Crippen LogP contribution in [-0.4, -0.2) is 35.5 Å². The molecule has 6 heteroatoms. The van der Waals surface area contributed by atoms with Crippen molar-refractivity contribution in [2.45, 2.75) is 38.8 Å². The molecule has 0 aromatic carbocycles. The molecule has 0 spiro atoms. The lowest BCUT2D eigenvalue weighted by molar-refractivity contribution is 0.143. The first-order valence-electron chi connectivity index (χ1n) is 8.93. The quantitative estimate of drug-likeness (QED) is 0.847. The molecule has 2 amide bonds. The van der Waals surface area contributed by atoms with E-state index in [-0.39, 0.29) is 12.1 Å². The highest BCUT2D eigenvalue weighted by Crippen LogP contribution is 2.24. The van der Waals surface area contributed by atoms with Gasteiger partial charge in [0.05, 0.1) is 12.3 Å². The molecule has 1 saturated heterocycles. The van der Waals surface area contributed by atoms with Crippen molar-refractivity contribution < 1.29 is 9.21 Å². The van der Waals surface area contributed by atoms with Gasteiger partial charge in [0.1, 0.15) is 5.76 Å². The van der Waals surface area contributed by atoms with E-state index in [9.17, 15) is 4.79 Å². The number of hydrogen-bond donors (Lipinski definition) is 2. The van der Waals surface area contributed by atoms with E-state index in [0.29, 0.717) is 13.1 Å². The van der Waals surface area contributed by atoms with Gasteiger partial charge in [-0.15, -0.1) is 0 Å². The molecule has 1 aliphatic heterocycles. The minimum absolute atomic E-state index is 0.0853. The van der Waals surface area contributed by atoms with Crippen molar-refractivity contribution in [3.8, 4) is 0 Å². The van der Waals surface area contributed by atoms with Gasteiger partial charge >= 0.3 is 6.03 Å². The van der Waals surface area contributed by atoms with E-state index in [1.165, 1.54) is 19.3 Å². The molecule has 0 saturated carbocycles. The number of hydrogen-bond acceptors (Lipinski definition) is 4. The van der Waals surface area contributed by atoms with Gasteiger partial charge in [-0.05, 0) is 56.6 Å². The van der Waals surface area contributed by atoms with Gasteiger partial charge in [-0.1, -0.05) is 12.5 Å². The van der Waals surface area contributed by atoms with E-state index in [0.717, 1.165) is 30.1 Å². The van der Waals surface area contributed by atoms with Crippen LogP contribution in [0.1, 0.15) is 42.3 Å². The number of carbonyl (C=O) groups is 1. The van der Waals surface area contributed by atoms with Crippen molar-refractivity contribution in [3.63, 3.8) is 0 Å². The van der Waals surface area contributed by atoms with Crippen LogP contribution in [0.5, 0.6) is 0 Å². The second-order valence-electron chi connectivity index (χ2n) is 6.50. The maximum absolute atomic E-state index is 12.1. The van der Waals surface area contributed by atoms with Crippen LogP contribution in [0.3, 0.4) is 0 Å². The van der Waals surface area contributed by atoms with Crippen LogP contribution in [0.2, 0.25) is 0 Å². The fourth-order valence-electron chi connectivity index (χ4n) is 3.16. The summed E-state index contributed by atoms with van der Waals surface area (Å²) in [7, 11) is 0. The average molecular weight is 342 g/mol. The standard InChI is InChI=1S/C19H26N4O2/c1-15-7-8-16(12-20-15)13-21-19(24)22-14-17(18-6-5-11-25-18)23-9-3-2-4-10-23/h5-8,11-12,17H,2-4,9-10,13-14H2,1H3,(H2,21,22,24)/t17-/m0/s1. The highest BCUT2D eigenvalue weighted by molar-refractivity contribution is 5.73. The SMILES string of the molecule is Cc1ccc(CNC(=O)NC[C@@H](c2ccco2)N2CCCCC2)cn1. The summed E-state index contributed by atoms with van der Waals surface area (Å²) in [6.07, 6.45) is 7.15. The van der Waals surface area contributed by atoms with Crippen LogP contribution in [0.4, 0.5) is 4.79 Å². The van der Waals surface area contributed by atoms with Gasteiger partial charge in [0, 0.05) is 25.0 Å². The Morgan fingerprint density at radius 1 is 1.24 bits per heavy atom. The average Bonchev–Trinajstić information content (AvgIpc) is 3.17. The number of rotatable bonds is 6. The van der Waals surface area contributed by atoms with Gasteiger partial charge in [0.15, 0.2) is 0 Å². The van der Waals surface area contributed by atoms with Crippen molar-refractivity contribution in [1.82, 2.24) is 20.5 Å². The summed E-state index contributed by atoms with van der Waals surface area (Å²) in [5, 5.41) is 5.86. The normalized spacial score (nSPS) is 16.4. The topological polar surface area (TPSA) is 70.4 Å². The fraction of sp³-hybridized carbons (Fsp3) is 0.474. The molecule has 1 aliphatic rings. The number of nitrogens with zero attached hydrogens (tertiary/aromatic N) is 2. The Labute approximate surface area is 148 Å². The van der Waals surface area contributed by atoms with Crippen LogP contribution in [-0.2, 0) is 6.54 Å². The van der Waals surface area contributed by atoms with E-state index in [4.69, 9.17) is 4.42 Å². The summed E-state index contributed by atoms with van der Waals surface area (Å²) < 4.78 is 5.60. The Morgan fingerprint density at radius 2 is 2.08 bits per heavy atom. The van der Waals surface area contributed by atoms with Crippen LogP contribution >= 0.6 is 0 Å². The number of aryl methyl sites for hydroxylation is 1. The lowest BCUT2D eigenvalue weighted by Gasteiger charge is -2.33. The Balaban J connectivity index is 1.51. The fourth-order valence-corrected chi connectivity index (χ4v) is 3.16. The maximum atomic E-state index is 12.1. The molecule has 3 heterocycles. The molecular weight excluding hydrogens is 316 g/mol. The predicted molar refractivity (Wildman–Crippen MR) is 96.1 cm³/mol. The summed E-state index contributed by atoms with van der Waals surface area (Å²) in [5.41, 5.74) is 1.95. The molecule has 2 N–H and O–H groups in total. The van der Waals surface area contributed by atoms with Crippen molar-refractivity contribution >= 4 is 6.03 Å². The molecule has 134 valence electrons. The molecule has 0 bridgehead atoms. The highest BCUT2D eigenvalue weighted by Gasteiger charge is 2.24. The van der Waals surface area contributed by atoms with E-state index in [2.05, 4.69) is 20.5 Å². The van der Waals surface area contributed by atoms with Crippen molar-refractivity contribution in [2.75, 3.05) is 19.6 Å². The smallest absolute Gasteiger partial charge is 0.315 e. The molecule has 1 fully saturated rings. The minimum atomic E-state index is -0.172. The number of carbonyl (C=O) groups excluding carboxylic acids is 1. The number of piperidine rings is 1. The number of likely N-dealkylation sites (tertiary alicyclic amines) is 1. The summed E-state index contributed by atoms with van der Waals surface area (Å²) in [6.45, 7) is 5.03. The number of urea groups is 1. The summed E-state index contributed by atoms with van der Waals surface area (Å²) in [5.74, 6) is 0.907. The van der Waals surface area contributed by atoms with Crippen LogP contribution < -0.4 is 10.6 Å². The molecule has 1 atom stereocenters. The van der Waals surface area contributed by atoms with Crippen molar-refractivity contribution in [2.24, 2.45) is 0 Å². The van der Waals surface area contributed by atoms with E-state index < -0.39 is 0 Å². The zero-order valence-electron chi connectivity index (χ0n) is 14.7. The number of pyridine rings is 1. The molecule has 0 radical (unpaired) electrons. The molecule has 2 aromatic rings. The first-order chi connectivity index (χ1) is 12.2. The first-order valence-corrected chi connectivity index (χ1v) is 8.93. The number of amides is 2. The summed E-state index contributed by atoms with van der Waals surface area (Å²) in [6, 6.07) is 7.71. The largest absolute Gasteiger partial charge is 0.468 e. The predicted octanol–water partition coefficient (Wildman–Crippen LogP) is 3.01. The Morgan fingerprint density at radius 3 is 2.76 bits per heavy atom. The number of aromatic nitrogens is 1. The van der Waals surface area contributed by atoms with Gasteiger partial charge in [-0.25, -0.2) is 4.79 Å². The van der Waals surface area contributed by atoms with E-state index in [1.54, 1.807) is 12.5 Å². The third kappa shape index (κ3) is 5.06. The Bertz CT molecular complexity index is 649. The van der Waals surface area contributed by atoms with Gasteiger partial charge in [0.2, 0.25) is 0 Å². The maximum Gasteiger partial charge on any atom is 0.315 e. The number of nitrogens with one attached hydrogen (secondary N) is 2. The zero-order valence-corrected chi connectivity index (χ0v) is 14.7. The van der Waals surface area contributed by atoms with Gasteiger partial charge in [-0.2, -0.15) is 0 Å². The van der Waals surface area contributed by atoms with E-state index >= 15 is 0 Å². The molecule has 2 aromatic heterocycles. The van der Waals surface area contributed by atoms with Crippen molar-refractivity contribution in [3.05, 3.63) is 53.7 Å². The first kappa shape index (κ1) is 17.5. The second kappa shape index (κ2) is 8.67. The third-order valence-electron chi connectivity index (χ3n) is 4.58. The molecule has 25 heavy (non-hydrogen) atoms. The molecule has 6 nitrogen and oxygen atoms in total. The monoisotopic (exact) mass is 342 g/mol. The van der Waals surface area contributed by atoms with E-state index in [1.807, 2.05) is 31.2 Å². The lowest BCUT2D eigenvalue weighted by Crippen LogP contribution is -2.43. The second-order valence-corrected chi connectivity index (χ2v) is 6.50. The third-order valence-corrected chi connectivity index (χ3v) is 4.58. The zero-order chi connectivity index (χ0) is 17.5. The van der Waals surface area contributed by atoms with Crippen LogP contribution in [0.25, 0.3) is 0 Å². The van der Waals surface area contributed by atoms with Gasteiger partial charge in [-0.3, -0.25) is 9.88 Å². The Hall–Kier alpha value is -2.34. The molecule has 3 rings (SSSR count). The summed E-state index contributed by atoms with van der Waals surface area (Å²) >= 11 is 0. The van der Waals surface area contributed by atoms with Gasteiger partial charge in [0.25, 0.3) is 0 Å². The highest BCUT2D eigenvalue weighted by atomic mass is 16.3. The Kier molecular flexibility index (Phi) is 6.06. The molecular formula is C19H26N4O2. The number of furan rings is 1. The lowest BCUT2D eigenvalue weighted by atomic mass is 10.1. The summed E-state index contributed by atoms with van der Waals surface area (Å²) in [4.78, 5) is 18.8. The van der Waals surface area contributed by atoms with Gasteiger partial charge < -0.3 is 15.1 Å².